The van der Waals surface area contributed by atoms with Crippen LogP contribution in [0.5, 0.6) is 5.75 Å². The van der Waals surface area contributed by atoms with Gasteiger partial charge in [-0.1, -0.05) is 12.1 Å². The van der Waals surface area contributed by atoms with Crippen LogP contribution in [-0.2, 0) is 16.0 Å². The molecular weight excluding hydrogens is 206 g/mol. The second kappa shape index (κ2) is 5.90. The monoisotopic (exact) mass is 221 g/mol. The van der Waals surface area contributed by atoms with Crippen molar-refractivity contribution >= 4 is 12.2 Å². The highest BCUT2D eigenvalue weighted by atomic mass is 16.3. The summed E-state index contributed by atoms with van der Waals surface area (Å²) in [7, 11) is 0. The van der Waals surface area contributed by atoms with E-state index in [9.17, 15) is 14.7 Å². The van der Waals surface area contributed by atoms with E-state index in [0.29, 0.717) is 19.1 Å². The summed E-state index contributed by atoms with van der Waals surface area (Å²) in [6, 6.07) is 6.33. The van der Waals surface area contributed by atoms with Crippen LogP contribution in [0.3, 0.4) is 0 Å². The van der Waals surface area contributed by atoms with Gasteiger partial charge in [-0.2, -0.15) is 0 Å². The van der Waals surface area contributed by atoms with E-state index < -0.39 is 6.04 Å². The molecule has 1 aromatic carbocycles. The van der Waals surface area contributed by atoms with E-state index in [1.165, 1.54) is 0 Å². The molecule has 16 heavy (non-hydrogen) atoms. The van der Waals surface area contributed by atoms with Crippen LogP contribution in [0, 0.1) is 0 Å². The summed E-state index contributed by atoms with van der Waals surface area (Å²) >= 11 is 0. The molecule has 86 valence electrons. The molecule has 0 aromatic heterocycles. The number of nitrogens with one attached hydrogen (secondary N) is 1. The Morgan fingerprint density at radius 1 is 1.56 bits per heavy atom. The Morgan fingerprint density at radius 2 is 2.31 bits per heavy atom. The molecule has 1 amide bonds. The molecule has 0 heterocycles. The van der Waals surface area contributed by atoms with Crippen LogP contribution in [0.2, 0.25) is 0 Å². The smallest absolute Gasteiger partial charge is 0.220 e. The van der Waals surface area contributed by atoms with Crippen molar-refractivity contribution < 1.29 is 14.7 Å². The van der Waals surface area contributed by atoms with E-state index in [0.717, 1.165) is 5.56 Å². The summed E-state index contributed by atoms with van der Waals surface area (Å²) in [5.74, 6) is 0.0297. The van der Waals surface area contributed by atoms with Gasteiger partial charge in [0.05, 0.1) is 6.04 Å². The van der Waals surface area contributed by atoms with Gasteiger partial charge in [-0.15, -0.1) is 0 Å². The van der Waals surface area contributed by atoms with Crippen LogP contribution >= 0.6 is 0 Å². The molecule has 0 radical (unpaired) electrons. The van der Waals surface area contributed by atoms with Crippen LogP contribution in [0.1, 0.15) is 18.9 Å². The lowest BCUT2D eigenvalue weighted by Gasteiger charge is -2.07. The minimum absolute atomic E-state index is 0.164. The summed E-state index contributed by atoms with van der Waals surface area (Å²) in [6.45, 7) is 1.62. The summed E-state index contributed by atoms with van der Waals surface area (Å²) in [5.41, 5.74) is 0.897. The number of benzene rings is 1. The van der Waals surface area contributed by atoms with E-state index >= 15 is 0 Å². The molecule has 0 spiro atoms. The van der Waals surface area contributed by atoms with Gasteiger partial charge in [0.15, 0.2) is 0 Å². The van der Waals surface area contributed by atoms with Gasteiger partial charge in [0.1, 0.15) is 12.0 Å². The molecule has 0 aliphatic rings. The lowest BCUT2D eigenvalue weighted by atomic mass is 10.1. The highest BCUT2D eigenvalue weighted by Gasteiger charge is 2.06. The van der Waals surface area contributed by atoms with Crippen molar-refractivity contribution in [2.75, 3.05) is 0 Å². The van der Waals surface area contributed by atoms with Crippen molar-refractivity contribution in [2.24, 2.45) is 0 Å². The van der Waals surface area contributed by atoms with Gasteiger partial charge in [-0.25, -0.2) is 0 Å². The zero-order valence-corrected chi connectivity index (χ0v) is 9.14. The lowest BCUT2D eigenvalue weighted by Crippen LogP contribution is -2.33. The number of aryl methyl sites for hydroxylation is 1. The number of carbonyl (C=O) groups is 2. The standard InChI is InChI=1S/C12H15NO3/c1-9(8-14)13-12(16)6-5-10-3-2-4-11(15)7-10/h2-4,7-9,15H,5-6H2,1H3,(H,13,16)/t9-/m0/s1. The Balaban J connectivity index is 2.40. The quantitative estimate of drug-likeness (QED) is 0.730. The molecule has 0 saturated heterocycles. The molecule has 0 fully saturated rings. The van der Waals surface area contributed by atoms with Crippen molar-refractivity contribution in [2.45, 2.75) is 25.8 Å². The Bertz CT molecular complexity index is 376. The van der Waals surface area contributed by atoms with Crippen molar-refractivity contribution in [1.29, 1.82) is 0 Å². The third kappa shape index (κ3) is 4.13. The number of aromatic hydroxyl groups is 1. The molecule has 0 saturated carbocycles. The number of phenolic OH excluding ortho intramolecular Hbond substituents is 1. The number of hydrogen-bond donors (Lipinski definition) is 2. The number of phenols is 1. The van der Waals surface area contributed by atoms with Gasteiger partial charge in [0.25, 0.3) is 0 Å². The van der Waals surface area contributed by atoms with Crippen LogP contribution in [0.4, 0.5) is 0 Å². The van der Waals surface area contributed by atoms with Crippen molar-refractivity contribution in [3.63, 3.8) is 0 Å². The Kier molecular flexibility index (Phi) is 4.51. The third-order valence-corrected chi connectivity index (χ3v) is 2.14. The second-order valence-corrected chi connectivity index (χ2v) is 3.66. The van der Waals surface area contributed by atoms with Gasteiger partial charge in [0.2, 0.25) is 5.91 Å². The predicted octanol–water partition coefficient (Wildman–Crippen LogP) is 1.03. The van der Waals surface area contributed by atoms with Crippen molar-refractivity contribution in [3.05, 3.63) is 29.8 Å². The summed E-state index contributed by atoms with van der Waals surface area (Å²) in [5, 5.41) is 11.8. The van der Waals surface area contributed by atoms with Gasteiger partial charge in [-0.3, -0.25) is 4.79 Å². The van der Waals surface area contributed by atoms with E-state index in [-0.39, 0.29) is 11.7 Å². The highest BCUT2D eigenvalue weighted by molar-refractivity contribution is 5.79. The van der Waals surface area contributed by atoms with Crippen molar-refractivity contribution in [1.82, 2.24) is 5.32 Å². The third-order valence-electron chi connectivity index (χ3n) is 2.14. The van der Waals surface area contributed by atoms with Crippen molar-refractivity contribution in [3.8, 4) is 5.75 Å². The molecule has 0 aliphatic heterocycles. The number of amides is 1. The summed E-state index contributed by atoms with van der Waals surface area (Å²) in [4.78, 5) is 21.6. The van der Waals surface area contributed by atoms with Crippen LogP contribution < -0.4 is 5.32 Å². The molecule has 1 rings (SSSR count). The first kappa shape index (κ1) is 12.2. The number of carbonyl (C=O) groups excluding carboxylic acids is 2. The fourth-order valence-electron chi connectivity index (χ4n) is 1.33. The number of hydrogen-bond acceptors (Lipinski definition) is 3. The fourth-order valence-corrected chi connectivity index (χ4v) is 1.33. The molecule has 4 heteroatoms. The minimum Gasteiger partial charge on any atom is -0.508 e. The van der Waals surface area contributed by atoms with Crippen LogP contribution in [0.15, 0.2) is 24.3 Å². The number of rotatable bonds is 5. The zero-order valence-electron chi connectivity index (χ0n) is 9.14. The number of aldehydes is 1. The molecule has 0 aliphatic carbocycles. The maximum atomic E-state index is 11.3. The van der Waals surface area contributed by atoms with Gasteiger partial charge >= 0.3 is 0 Å². The van der Waals surface area contributed by atoms with E-state index in [1.54, 1.807) is 25.1 Å². The molecule has 0 unspecified atom stereocenters. The fraction of sp³-hybridized carbons (Fsp3) is 0.333. The lowest BCUT2D eigenvalue weighted by molar-refractivity contribution is -0.123. The summed E-state index contributed by atoms with van der Waals surface area (Å²) < 4.78 is 0. The Morgan fingerprint density at radius 3 is 2.94 bits per heavy atom. The average molecular weight is 221 g/mol. The van der Waals surface area contributed by atoms with E-state index in [1.807, 2.05) is 6.07 Å². The normalized spacial score (nSPS) is 11.8. The highest BCUT2D eigenvalue weighted by Crippen LogP contribution is 2.12. The maximum absolute atomic E-state index is 11.3. The zero-order chi connectivity index (χ0) is 12.0. The molecule has 0 bridgehead atoms. The van der Waals surface area contributed by atoms with Gasteiger partial charge in [-0.05, 0) is 31.0 Å². The second-order valence-electron chi connectivity index (χ2n) is 3.66. The van der Waals surface area contributed by atoms with Crippen LogP contribution in [0.25, 0.3) is 0 Å². The minimum atomic E-state index is -0.448. The van der Waals surface area contributed by atoms with Crippen LogP contribution in [-0.4, -0.2) is 23.3 Å². The maximum Gasteiger partial charge on any atom is 0.220 e. The molecule has 2 N–H and O–H groups in total. The first-order valence-electron chi connectivity index (χ1n) is 5.14. The van der Waals surface area contributed by atoms with Gasteiger partial charge in [0, 0.05) is 6.42 Å². The largest absolute Gasteiger partial charge is 0.508 e. The Labute approximate surface area is 94.3 Å². The summed E-state index contributed by atoms with van der Waals surface area (Å²) in [6.07, 6.45) is 1.54. The van der Waals surface area contributed by atoms with E-state index in [2.05, 4.69) is 5.32 Å². The average Bonchev–Trinajstić information content (AvgIpc) is 2.26. The first-order valence-corrected chi connectivity index (χ1v) is 5.14. The van der Waals surface area contributed by atoms with Gasteiger partial charge < -0.3 is 15.2 Å². The SMILES string of the molecule is C[C@@H](C=O)NC(=O)CCc1cccc(O)c1. The first-order chi connectivity index (χ1) is 7.61. The molecule has 1 atom stereocenters. The van der Waals surface area contributed by atoms with E-state index in [4.69, 9.17) is 0 Å². The molecule has 4 nitrogen and oxygen atoms in total. The molecular formula is C12H15NO3. The topological polar surface area (TPSA) is 66.4 Å². The Hall–Kier alpha value is -1.84. The molecule has 1 aromatic rings. The predicted molar refractivity (Wildman–Crippen MR) is 60.1 cm³/mol.